The summed E-state index contributed by atoms with van der Waals surface area (Å²) in [6.07, 6.45) is 1.59. The van der Waals surface area contributed by atoms with E-state index in [1.807, 2.05) is 13.8 Å². The molecule has 0 spiro atoms. The molecule has 0 aliphatic carbocycles. The van der Waals surface area contributed by atoms with E-state index in [0.717, 1.165) is 16.0 Å². The second-order valence-electron chi connectivity index (χ2n) is 4.64. The van der Waals surface area contributed by atoms with E-state index in [1.165, 1.54) is 4.88 Å². The van der Waals surface area contributed by atoms with Gasteiger partial charge >= 0.3 is 0 Å². The lowest BCUT2D eigenvalue weighted by molar-refractivity contribution is 0.549. The van der Waals surface area contributed by atoms with Crippen LogP contribution in [0.3, 0.4) is 0 Å². The molecule has 0 aliphatic rings. The maximum atomic E-state index is 5.93. The monoisotopic (exact) mass is 236 g/mol. The van der Waals surface area contributed by atoms with Gasteiger partial charge in [-0.2, -0.15) is 0 Å². The van der Waals surface area contributed by atoms with Gasteiger partial charge in [0.2, 0.25) is 0 Å². The van der Waals surface area contributed by atoms with E-state index < -0.39 is 0 Å². The van der Waals surface area contributed by atoms with Gasteiger partial charge in [-0.3, -0.25) is 0 Å². The van der Waals surface area contributed by atoms with E-state index in [2.05, 4.69) is 28.3 Å². The summed E-state index contributed by atoms with van der Waals surface area (Å²) in [6.45, 7) is 6.73. The zero-order valence-electron chi connectivity index (χ0n) is 9.74. The molecule has 0 saturated heterocycles. The first-order valence-electron chi connectivity index (χ1n) is 5.19. The summed E-state index contributed by atoms with van der Waals surface area (Å²) in [4.78, 5) is 10.8. The number of aryl methyl sites for hydroxylation is 1. The molecule has 0 aromatic carbocycles. The number of hydrogen-bond donors (Lipinski definition) is 2. The maximum absolute atomic E-state index is 5.93. The third kappa shape index (κ3) is 2.48. The van der Waals surface area contributed by atoms with Crippen LogP contribution < -0.4 is 11.1 Å². The Morgan fingerprint density at radius 2 is 2.19 bits per heavy atom. The molecule has 0 atom stereocenters. The minimum atomic E-state index is -0.248. The number of nitrogens with one attached hydrogen (secondary N) is 1. The molecule has 0 amide bonds. The van der Waals surface area contributed by atoms with Crippen LogP contribution >= 0.6 is 11.3 Å². The van der Waals surface area contributed by atoms with Crippen LogP contribution in [-0.2, 0) is 0 Å². The van der Waals surface area contributed by atoms with Gasteiger partial charge in [-0.05, 0) is 26.8 Å². The molecule has 0 saturated carbocycles. The number of fused-ring (bicyclic) bond motifs is 1. The number of nitrogens with two attached hydrogens (primary N) is 1. The number of hydrogen-bond acceptors (Lipinski definition) is 5. The van der Waals surface area contributed by atoms with E-state index in [9.17, 15) is 0 Å². The molecular weight excluding hydrogens is 220 g/mol. The summed E-state index contributed by atoms with van der Waals surface area (Å²) in [5, 5.41) is 4.35. The van der Waals surface area contributed by atoms with Crippen LogP contribution in [0.5, 0.6) is 0 Å². The van der Waals surface area contributed by atoms with Gasteiger partial charge in [0.05, 0.1) is 5.39 Å². The third-order valence-electron chi connectivity index (χ3n) is 2.16. The minimum Gasteiger partial charge on any atom is -0.368 e. The molecule has 2 aromatic heterocycles. The third-order valence-corrected chi connectivity index (χ3v) is 3.12. The first-order chi connectivity index (χ1) is 7.46. The molecule has 16 heavy (non-hydrogen) atoms. The standard InChI is InChI=1S/C11H16N4S/c1-7-4-8-9(13-5-11(2,3)12)14-6-15-10(8)16-7/h4,6H,5,12H2,1-3H3,(H,13,14,15). The lowest BCUT2D eigenvalue weighted by Crippen LogP contribution is -2.39. The fourth-order valence-corrected chi connectivity index (χ4v) is 2.28. The van der Waals surface area contributed by atoms with Crippen molar-refractivity contribution in [2.45, 2.75) is 26.3 Å². The largest absolute Gasteiger partial charge is 0.368 e. The minimum absolute atomic E-state index is 0.248. The van der Waals surface area contributed by atoms with E-state index in [-0.39, 0.29) is 5.54 Å². The van der Waals surface area contributed by atoms with Gasteiger partial charge in [-0.15, -0.1) is 11.3 Å². The maximum Gasteiger partial charge on any atom is 0.138 e. The van der Waals surface area contributed by atoms with Gasteiger partial charge in [-0.25, -0.2) is 9.97 Å². The van der Waals surface area contributed by atoms with Crippen LogP contribution in [0, 0.1) is 6.92 Å². The lowest BCUT2D eigenvalue weighted by Gasteiger charge is -2.19. The van der Waals surface area contributed by atoms with Crippen LogP contribution in [0.2, 0.25) is 0 Å². The average molecular weight is 236 g/mol. The highest BCUT2D eigenvalue weighted by Gasteiger charge is 2.12. The fraction of sp³-hybridized carbons (Fsp3) is 0.455. The van der Waals surface area contributed by atoms with Crippen molar-refractivity contribution < 1.29 is 0 Å². The Balaban J connectivity index is 2.30. The van der Waals surface area contributed by atoms with E-state index in [4.69, 9.17) is 5.73 Å². The van der Waals surface area contributed by atoms with Crippen molar-refractivity contribution in [1.82, 2.24) is 9.97 Å². The Hall–Kier alpha value is -1.20. The molecule has 2 heterocycles. The van der Waals surface area contributed by atoms with Crippen molar-refractivity contribution in [2.24, 2.45) is 5.73 Å². The van der Waals surface area contributed by atoms with E-state index >= 15 is 0 Å². The van der Waals surface area contributed by atoms with Crippen molar-refractivity contribution in [3.63, 3.8) is 0 Å². The Morgan fingerprint density at radius 3 is 2.88 bits per heavy atom. The molecule has 4 nitrogen and oxygen atoms in total. The van der Waals surface area contributed by atoms with Crippen molar-refractivity contribution in [2.75, 3.05) is 11.9 Å². The van der Waals surface area contributed by atoms with Crippen molar-refractivity contribution in [3.8, 4) is 0 Å². The zero-order chi connectivity index (χ0) is 11.8. The molecule has 0 aliphatic heterocycles. The Labute approximate surface area is 98.9 Å². The lowest BCUT2D eigenvalue weighted by atomic mass is 10.1. The molecule has 2 aromatic rings. The first kappa shape index (κ1) is 11.3. The highest BCUT2D eigenvalue weighted by atomic mass is 32.1. The SMILES string of the molecule is Cc1cc2c(NCC(C)(C)N)ncnc2s1. The number of nitrogens with zero attached hydrogens (tertiary/aromatic N) is 2. The van der Waals surface area contributed by atoms with Crippen LogP contribution in [0.25, 0.3) is 10.2 Å². The van der Waals surface area contributed by atoms with Crippen molar-refractivity contribution in [3.05, 3.63) is 17.3 Å². The zero-order valence-corrected chi connectivity index (χ0v) is 10.6. The second-order valence-corrected chi connectivity index (χ2v) is 5.88. The summed E-state index contributed by atoms with van der Waals surface area (Å²) in [6, 6.07) is 2.10. The summed E-state index contributed by atoms with van der Waals surface area (Å²) < 4.78 is 0. The molecule has 0 unspecified atom stereocenters. The van der Waals surface area contributed by atoms with Crippen molar-refractivity contribution >= 4 is 27.4 Å². The van der Waals surface area contributed by atoms with Gasteiger partial charge in [0.15, 0.2) is 0 Å². The topological polar surface area (TPSA) is 63.8 Å². The van der Waals surface area contributed by atoms with Crippen LogP contribution in [-0.4, -0.2) is 22.1 Å². The predicted molar refractivity (Wildman–Crippen MR) is 68.9 cm³/mol. The highest BCUT2D eigenvalue weighted by Crippen LogP contribution is 2.27. The van der Waals surface area contributed by atoms with Crippen LogP contribution in [0.15, 0.2) is 12.4 Å². The van der Waals surface area contributed by atoms with E-state index in [1.54, 1.807) is 17.7 Å². The number of anilines is 1. The number of aromatic nitrogens is 2. The van der Waals surface area contributed by atoms with Gasteiger partial charge in [0.25, 0.3) is 0 Å². The smallest absolute Gasteiger partial charge is 0.138 e. The molecule has 0 fully saturated rings. The van der Waals surface area contributed by atoms with Crippen molar-refractivity contribution in [1.29, 1.82) is 0 Å². The van der Waals surface area contributed by atoms with Crippen LogP contribution in [0.1, 0.15) is 18.7 Å². The van der Waals surface area contributed by atoms with Crippen LogP contribution in [0.4, 0.5) is 5.82 Å². The Kier molecular flexibility index (Phi) is 2.82. The van der Waals surface area contributed by atoms with Gasteiger partial charge in [0, 0.05) is 17.0 Å². The van der Waals surface area contributed by atoms with Gasteiger partial charge in [0.1, 0.15) is 17.0 Å². The second kappa shape index (κ2) is 3.99. The molecule has 2 rings (SSSR count). The molecule has 5 heteroatoms. The van der Waals surface area contributed by atoms with E-state index in [0.29, 0.717) is 6.54 Å². The molecular formula is C11H16N4S. The summed E-state index contributed by atoms with van der Waals surface area (Å²) in [7, 11) is 0. The number of thiophene rings is 1. The average Bonchev–Trinajstić information content (AvgIpc) is 2.54. The molecule has 0 radical (unpaired) electrons. The summed E-state index contributed by atoms with van der Waals surface area (Å²) >= 11 is 1.68. The number of rotatable bonds is 3. The van der Waals surface area contributed by atoms with Gasteiger partial charge in [-0.1, -0.05) is 0 Å². The Bertz CT molecular complexity index is 498. The normalized spacial score (nSPS) is 12.0. The summed E-state index contributed by atoms with van der Waals surface area (Å²) in [5.74, 6) is 0.868. The first-order valence-corrected chi connectivity index (χ1v) is 6.01. The predicted octanol–water partition coefficient (Wildman–Crippen LogP) is 2.15. The summed E-state index contributed by atoms with van der Waals surface area (Å²) in [5.41, 5.74) is 5.68. The quantitative estimate of drug-likeness (QED) is 0.857. The molecule has 3 N–H and O–H groups in total. The Morgan fingerprint density at radius 1 is 1.44 bits per heavy atom. The van der Waals surface area contributed by atoms with Gasteiger partial charge < -0.3 is 11.1 Å². The fourth-order valence-electron chi connectivity index (χ4n) is 1.43. The molecule has 86 valence electrons. The molecule has 0 bridgehead atoms. The highest BCUT2D eigenvalue weighted by molar-refractivity contribution is 7.18.